The molecule has 5 atom stereocenters. The van der Waals surface area contributed by atoms with E-state index in [1.54, 1.807) is 23.2 Å². The highest BCUT2D eigenvalue weighted by molar-refractivity contribution is 7.09. The Kier molecular flexibility index (Phi) is 9.13. The normalized spacial score (nSPS) is 27.3. The molecule has 2 aliphatic carbocycles. The molecule has 1 aromatic carbocycles. The zero-order chi connectivity index (χ0) is 28.2. The van der Waals surface area contributed by atoms with Crippen LogP contribution in [0, 0.1) is 11.8 Å². The Morgan fingerprint density at radius 2 is 1.73 bits per heavy atom. The van der Waals surface area contributed by atoms with E-state index in [0.717, 1.165) is 24.1 Å². The summed E-state index contributed by atoms with van der Waals surface area (Å²) in [7, 11) is 1.98. The minimum Gasteiger partial charge on any atom is -0.465 e. The van der Waals surface area contributed by atoms with Gasteiger partial charge in [0.15, 0.2) is 0 Å². The van der Waals surface area contributed by atoms with Crippen molar-refractivity contribution in [2.24, 2.45) is 11.8 Å². The number of esters is 1. The van der Waals surface area contributed by atoms with Crippen molar-refractivity contribution >= 4 is 29.2 Å². The van der Waals surface area contributed by atoms with Gasteiger partial charge < -0.3 is 19.4 Å². The highest BCUT2D eigenvalue weighted by Crippen LogP contribution is 2.46. The van der Waals surface area contributed by atoms with Crippen LogP contribution in [0.2, 0.25) is 0 Å². The topological polar surface area (TPSA) is 70.2 Å². The van der Waals surface area contributed by atoms with E-state index in [9.17, 15) is 14.4 Å². The molecule has 1 aliphatic heterocycles. The van der Waals surface area contributed by atoms with E-state index in [1.807, 2.05) is 34.4 Å². The van der Waals surface area contributed by atoms with E-state index in [0.29, 0.717) is 13.0 Å². The van der Waals surface area contributed by atoms with E-state index in [2.05, 4.69) is 37.3 Å². The molecule has 0 N–H and O–H groups in total. The number of fused-ring (bicyclic) bond motifs is 1. The summed E-state index contributed by atoms with van der Waals surface area (Å²) in [5.74, 6) is -0.250. The van der Waals surface area contributed by atoms with Crippen molar-refractivity contribution in [1.82, 2.24) is 14.7 Å². The number of urea groups is 1. The molecular weight excluding hydrogens is 522 g/mol. The largest absolute Gasteiger partial charge is 0.465 e. The fraction of sp³-hybridized carbons (Fsp3) is 0.594. The number of hydrogen-bond donors (Lipinski definition) is 0. The molecule has 0 spiro atoms. The average molecular weight is 566 g/mol. The fourth-order valence-electron chi connectivity index (χ4n) is 7.32. The maximum Gasteiger partial charge on any atom is 0.325 e. The van der Waals surface area contributed by atoms with Crippen molar-refractivity contribution in [3.63, 3.8) is 0 Å². The maximum absolute atomic E-state index is 14.3. The molecule has 0 radical (unpaired) electrons. The molecular formula is C32H43N3O4S. The lowest BCUT2D eigenvalue weighted by molar-refractivity contribution is -0.144. The van der Waals surface area contributed by atoms with Gasteiger partial charge in [0, 0.05) is 23.9 Å². The van der Waals surface area contributed by atoms with Gasteiger partial charge in [-0.2, -0.15) is 0 Å². The van der Waals surface area contributed by atoms with E-state index in [-0.39, 0.29) is 61.0 Å². The lowest BCUT2D eigenvalue weighted by Crippen LogP contribution is -2.46. The number of ether oxygens (including phenoxy) is 1. The van der Waals surface area contributed by atoms with E-state index < -0.39 is 5.97 Å². The summed E-state index contributed by atoms with van der Waals surface area (Å²) in [6.45, 7) is 4.70. The Balaban J connectivity index is 1.52. The van der Waals surface area contributed by atoms with Gasteiger partial charge in [-0.15, -0.1) is 11.3 Å². The van der Waals surface area contributed by atoms with E-state index in [4.69, 9.17) is 4.74 Å². The van der Waals surface area contributed by atoms with Gasteiger partial charge in [-0.25, -0.2) is 4.79 Å². The Hall–Kier alpha value is -2.87. The van der Waals surface area contributed by atoms with Gasteiger partial charge in [0.25, 0.3) is 0 Å². The van der Waals surface area contributed by atoms with Gasteiger partial charge in [0.2, 0.25) is 5.91 Å². The van der Waals surface area contributed by atoms with Gasteiger partial charge in [0.05, 0.1) is 25.2 Å². The van der Waals surface area contributed by atoms with Crippen molar-refractivity contribution in [3.05, 3.63) is 58.3 Å². The first-order valence-corrected chi connectivity index (χ1v) is 15.8. The van der Waals surface area contributed by atoms with Crippen LogP contribution in [0.5, 0.6) is 0 Å². The van der Waals surface area contributed by atoms with Crippen molar-refractivity contribution in [2.75, 3.05) is 20.2 Å². The third-order valence-electron chi connectivity index (χ3n) is 9.52. The minimum atomic E-state index is -0.397. The van der Waals surface area contributed by atoms with Crippen LogP contribution in [0.4, 0.5) is 4.79 Å². The van der Waals surface area contributed by atoms with Crippen LogP contribution in [0.1, 0.15) is 75.2 Å². The summed E-state index contributed by atoms with van der Waals surface area (Å²) in [5.41, 5.74) is 1.21. The Morgan fingerprint density at radius 3 is 2.40 bits per heavy atom. The van der Waals surface area contributed by atoms with Crippen LogP contribution in [-0.2, 0) is 20.9 Å². The number of amides is 3. The lowest BCUT2D eigenvalue weighted by Gasteiger charge is -2.37. The molecule has 3 fully saturated rings. The summed E-state index contributed by atoms with van der Waals surface area (Å²) in [6.07, 6.45) is 6.99. The summed E-state index contributed by atoms with van der Waals surface area (Å²) in [4.78, 5) is 47.8. The van der Waals surface area contributed by atoms with E-state index in [1.165, 1.54) is 24.8 Å². The maximum atomic E-state index is 14.3. The van der Waals surface area contributed by atoms with Crippen LogP contribution >= 0.6 is 11.3 Å². The molecule has 8 heteroatoms. The summed E-state index contributed by atoms with van der Waals surface area (Å²) < 4.78 is 5.28. The molecule has 3 aliphatic rings. The highest BCUT2D eigenvalue weighted by atomic mass is 32.1. The average Bonchev–Trinajstić information content (AvgIpc) is 3.53. The first kappa shape index (κ1) is 28.7. The second-order valence-corrected chi connectivity index (χ2v) is 12.8. The number of thiophene rings is 1. The number of hydrogen-bond acceptors (Lipinski definition) is 5. The van der Waals surface area contributed by atoms with Crippen molar-refractivity contribution in [2.45, 2.75) is 89.4 Å². The summed E-state index contributed by atoms with van der Waals surface area (Å²) in [6, 6.07) is 14.3. The van der Waals surface area contributed by atoms with Gasteiger partial charge in [-0.05, 0) is 61.5 Å². The Bertz CT molecular complexity index is 1150. The predicted octanol–water partition coefficient (Wildman–Crippen LogP) is 5.91. The quantitative estimate of drug-likeness (QED) is 0.374. The van der Waals surface area contributed by atoms with Crippen molar-refractivity contribution in [1.29, 1.82) is 0 Å². The first-order chi connectivity index (χ1) is 19.4. The molecule has 1 aromatic heterocycles. The molecule has 0 unspecified atom stereocenters. The van der Waals surface area contributed by atoms with Crippen LogP contribution in [0.3, 0.4) is 0 Å². The molecule has 1 saturated heterocycles. The number of benzene rings is 1. The summed E-state index contributed by atoms with van der Waals surface area (Å²) >= 11 is 1.64. The highest BCUT2D eigenvalue weighted by Gasteiger charge is 2.52. The number of carbonyl (C=O) groups excluding carboxylic acids is 3. The van der Waals surface area contributed by atoms with Gasteiger partial charge in [0.1, 0.15) is 6.54 Å². The molecule has 3 amide bonds. The standard InChI is InChI=1S/C32H43N3O4S/c1-4-39-30(36)21-35-29-19-27(31(37)33(3)24-14-9-6-10-15-24)22(2)26(23-12-7-5-8-13-23)18-28(29)34(32(35)38)20-25-16-11-17-40-25/h5,7-8,11-13,16-17,22,24,26-29H,4,6,9-10,14-15,18-21H2,1-3H3/t22-,26-,27+,28+,29-/m1/s1. The van der Waals surface area contributed by atoms with Crippen LogP contribution in [0.25, 0.3) is 0 Å². The molecule has 0 bridgehead atoms. The van der Waals surface area contributed by atoms with Crippen LogP contribution < -0.4 is 0 Å². The van der Waals surface area contributed by atoms with Crippen molar-refractivity contribution < 1.29 is 19.1 Å². The molecule has 2 saturated carbocycles. The lowest BCUT2D eigenvalue weighted by atomic mass is 9.77. The predicted molar refractivity (Wildman–Crippen MR) is 157 cm³/mol. The third-order valence-corrected chi connectivity index (χ3v) is 10.4. The molecule has 40 heavy (non-hydrogen) atoms. The van der Waals surface area contributed by atoms with E-state index >= 15 is 0 Å². The van der Waals surface area contributed by atoms with Crippen LogP contribution in [0.15, 0.2) is 47.8 Å². The zero-order valence-corrected chi connectivity index (χ0v) is 24.9. The zero-order valence-electron chi connectivity index (χ0n) is 24.0. The number of carbonyl (C=O) groups is 3. The van der Waals surface area contributed by atoms with Crippen molar-refractivity contribution in [3.8, 4) is 0 Å². The van der Waals surface area contributed by atoms with Gasteiger partial charge in [-0.1, -0.05) is 62.6 Å². The number of nitrogens with zero attached hydrogens (tertiary/aromatic N) is 3. The molecule has 2 heterocycles. The SMILES string of the molecule is CCOC(=O)CN1C(=O)N(Cc2cccs2)[C@H]2C[C@@H](c3ccccc3)[C@@H](C)[C@@H](C(=O)N(C)C3CCCCC3)C[C@H]21. The van der Waals surface area contributed by atoms with Crippen LogP contribution in [-0.4, -0.2) is 70.9 Å². The molecule has 7 nitrogen and oxygen atoms in total. The Labute approximate surface area is 242 Å². The van der Waals surface area contributed by atoms with Gasteiger partial charge >= 0.3 is 12.0 Å². The monoisotopic (exact) mass is 565 g/mol. The summed E-state index contributed by atoms with van der Waals surface area (Å²) in [5, 5.41) is 2.03. The smallest absolute Gasteiger partial charge is 0.325 e. The minimum absolute atomic E-state index is 0.0848. The Morgan fingerprint density at radius 1 is 1.00 bits per heavy atom. The first-order valence-electron chi connectivity index (χ1n) is 15.0. The fourth-order valence-corrected chi connectivity index (χ4v) is 8.03. The molecule has 5 rings (SSSR count). The molecule has 216 valence electrons. The number of rotatable bonds is 8. The third kappa shape index (κ3) is 5.92. The second-order valence-electron chi connectivity index (χ2n) is 11.8. The van der Waals surface area contributed by atoms with Gasteiger partial charge in [-0.3, -0.25) is 9.59 Å². The second kappa shape index (κ2) is 12.8. The molecule has 2 aromatic rings.